The largest absolute Gasteiger partial charge is 0.462 e. The smallest absolute Gasteiger partial charge is 0.323 e. The van der Waals surface area contributed by atoms with Gasteiger partial charge in [-0.3, -0.25) is 9.36 Å². The molecule has 0 spiro atoms. The number of nitrogens with two attached hydrogens (primary N) is 3. The number of esters is 1. The summed E-state index contributed by atoms with van der Waals surface area (Å²) in [5, 5.41) is 10.6. The maximum Gasteiger partial charge on any atom is 0.323 e. The van der Waals surface area contributed by atoms with Gasteiger partial charge in [-0.2, -0.15) is 0 Å². The number of hydrogen-bond donors (Lipinski definition) is 4. The zero-order chi connectivity index (χ0) is 21.3. The summed E-state index contributed by atoms with van der Waals surface area (Å²) in [4.78, 5) is 24.5. The van der Waals surface area contributed by atoms with Gasteiger partial charge in [0.05, 0.1) is 12.4 Å². The van der Waals surface area contributed by atoms with Crippen molar-refractivity contribution in [1.29, 1.82) is 0 Å². The molecule has 0 bridgehead atoms. The maximum atomic E-state index is 12.3. The van der Waals surface area contributed by atoms with E-state index in [9.17, 15) is 9.90 Å². The van der Waals surface area contributed by atoms with Gasteiger partial charge in [-0.05, 0) is 12.0 Å². The van der Waals surface area contributed by atoms with Crippen molar-refractivity contribution < 1.29 is 19.4 Å². The summed E-state index contributed by atoms with van der Waals surface area (Å²) in [5.74, 6) is -0.352. The van der Waals surface area contributed by atoms with E-state index in [0.717, 1.165) is 5.56 Å². The molecule has 1 aromatic carbocycles. The van der Waals surface area contributed by atoms with E-state index >= 15 is 0 Å². The van der Waals surface area contributed by atoms with Gasteiger partial charge in [0.15, 0.2) is 17.7 Å². The molecule has 11 nitrogen and oxygen atoms in total. The Kier molecular flexibility index (Phi) is 5.59. The van der Waals surface area contributed by atoms with Crippen LogP contribution in [0, 0.1) is 0 Å². The normalized spacial score (nSPS) is 24.8. The van der Waals surface area contributed by atoms with Crippen molar-refractivity contribution >= 4 is 23.0 Å². The van der Waals surface area contributed by atoms with E-state index in [0.29, 0.717) is 17.6 Å². The molecular formula is C19H23N7O4. The lowest BCUT2D eigenvalue weighted by atomic mass is 10.1. The van der Waals surface area contributed by atoms with Gasteiger partial charge in [0.2, 0.25) is 0 Å². The number of aromatic nitrogens is 4. The van der Waals surface area contributed by atoms with Gasteiger partial charge in [0.1, 0.15) is 36.7 Å². The van der Waals surface area contributed by atoms with Crippen LogP contribution in [0.3, 0.4) is 0 Å². The van der Waals surface area contributed by atoms with Gasteiger partial charge >= 0.3 is 5.97 Å². The fraction of sp³-hybridized carbons (Fsp3) is 0.368. The Morgan fingerprint density at radius 2 is 2.03 bits per heavy atom. The summed E-state index contributed by atoms with van der Waals surface area (Å²) in [7, 11) is 0. The van der Waals surface area contributed by atoms with Crippen LogP contribution in [-0.4, -0.2) is 61.5 Å². The molecule has 3 aromatic rings. The lowest BCUT2D eigenvalue weighted by Crippen LogP contribution is -2.43. The highest BCUT2D eigenvalue weighted by Crippen LogP contribution is 2.31. The molecule has 30 heavy (non-hydrogen) atoms. The van der Waals surface area contributed by atoms with E-state index in [1.165, 1.54) is 17.2 Å². The van der Waals surface area contributed by atoms with Crippen molar-refractivity contribution in [2.24, 2.45) is 11.5 Å². The molecule has 0 saturated carbocycles. The zero-order valence-electron chi connectivity index (χ0n) is 16.0. The highest BCUT2D eigenvalue weighted by Gasteiger charge is 2.44. The Morgan fingerprint density at radius 3 is 2.80 bits per heavy atom. The Balaban J connectivity index is 1.39. The quantitative estimate of drug-likeness (QED) is 0.370. The molecule has 3 heterocycles. The number of nitrogens with zero attached hydrogens (tertiary/aromatic N) is 4. The minimum Gasteiger partial charge on any atom is -0.462 e. The van der Waals surface area contributed by atoms with E-state index in [1.54, 1.807) is 0 Å². The van der Waals surface area contributed by atoms with Crippen LogP contribution in [0.4, 0.5) is 5.82 Å². The minimum absolute atomic E-state index is 0.139. The second kappa shape index (κ2) is 8.32. The van der Waals surface area contributed by atoms with E-state index in [-0.39, 0.29) is 12.4 Å². The molecule has 5 atom stereocenters. The number of anilines is 1. The summed E-state index contributed by atoms with van der Waals surface area (Å²) in [6.45, 7) is -0.139. The first kappa shape index (κ1) is 20.2. The molecule has 158 valence electrons. The predicted molar refractivity (Wildman–Crippen MR) is 107 cm³/mol. The fourth-order valence-electron chi connectivity index (χ4n) is 3.42. The third-order valence-electron chi connectivity index (χ3n) is 5.08. The van der Waals surface area contributed by atoms with Gasteiger partial charge in [-0.15, -0.1) is 0 Å². The van der Waals surface area contributed by atoms with Crippen molar-refractivity contribution in [3.8, 4) is 0 Å². The number of ether oxygens (including phenoxy) is 2. The number of imidazole rings is 1. The van der Waals surface area contributed by atoms with Gasteiger partial charge in [0.25, 0.3) is 0 Å². The Hall–Kier alpha value is -3.12. The lowest BCUT2D eigenvalue weighted by molar-refractivity contribution is -0.150. The van der Waals surface area contributed by atoms with Crippen LogP contribution in [0.2, 0.25) is 0 Å². The number of carbonyl (C=O) groups is 1. The van der Waals surface area contributed by atoms with Gasteiger partial charge < -0.3 is 31.8 Å². The molecule has 1 saturated heterocycles. The number of benzene rings is 1. The predicted octanol–water partition coefficient (Wildman–Crippen LogP) is -0.893. The second-order valence-corrected chi connectivity index (χ2v) is 7.14. The molecule has 1 aliphatic rings. The number of aliphatic hydroxyl groups is 1. The molecule has 0 unspecified atom stereocenters. The van der Waals surface area contributed by atoms with Crippen LogP contribution in [0.5, 0.6) is 0 Å². The Morgan fingerprint density at radius 1 is 1.27 bits per heavy atom. The summed E-state index contributed by atoms with van der Waals surface area (Å²) < 4.78 is 12.7. The first-order chi connectivity index (χ1) is 14.5. The molecule has 2 aromatic heterocycles. The van der Waals surface area contributed by atoms with Crippen molar-refractivity contribution in [3.05, 3.63) is 48.5 Å². The molecule has 1 fully saturated rings. The highest BCUT2D eigenvalue weighted by molar-refractivity contribution is 5.81. The Bertz CT molecular complexity index is 1030. The summed E-state index contributed by atoms with van der Waals surface area (Å²) in [5.41, 5.74) is 19.6. The Labute approximate surface area is 171 Å². The average molecular weight is 413 g/mol. The van der Waals surface area contributed by atoms with Crippen molar-refractivity contribution in [1.82, 2.24) is 19.5 Å². The van der Waals surface area contributed by atoms with E-state index in [2.05, 4.69) is 15.0 Å². The first-order valence-electron chi connectivity index (χ1n) is 9.44. The number of hydrogen-bond acceptors (Lipinski definition) is 10. The van der Waals surface area contributed by atoms with E-state index in [4.69, 9.17) is 26.7 Å². The molecule has 1 aliphatic heterocycles. The minimum atomic E-state index is -1.07. The third-order valence-corrected chi connectivity index (χ3v) is 5.08. The molecule has 0 amide bonds. The van der Waals surface area contributed by atoms with Crippen molar-refractivity contribution in [2.75, 3.05) is 12.3 Å². The topological polar surface area (TPSA) is 177 Å². The molecule has 7 N–H and O–H groups in total. The van der Waals surface area contributed by atoms with Crippen LogP contribution in [-0.2, 0) is 20.7 Å². The summed E-state index contributed by atoms with van der Waals surface area (Å²) >= 11 is 0. The monoisotopic (exact) mass is 413 g/mol. The summed E-state index contributed by atoms with van der Waals surface area (Å²) in [6, 6.07) is 7.80. The highest BCUT2D eigenvalue weighted by atomic mass is 16.6. The number of carbonyl (C=O) groups excluding carboxylic acids is 1. The SMILES string of the molecule is Nc1ncnc2c1ncn2[C@@H]1O[C@H](COC(=O)[C@@H](N)Cc2ccccc2)[C@@H](N)[C@H]1O. The van der Waals surface area contributed by atoms with Gasteiger partial charge in [-0.1, -0.05) is 30.3 Å². The number of nitrogen functional groups attached to an aromatic ring is 1. The lowest BCUT2D eigenvalue weighted by Gasteiger charge is -2.17. The summed E-state index contributed by atoms with van der Waals surface area (Å²) in [6.07, 6.45) is 0.436. The number of aliphatic hydroxyl groups excluding tert-OH is 1. The maximum absolute atomic E-state index is 12.3. The molecular weight excluding hydrogens is 390 g/mol. The molecule has 11 heteroatoms. The second-order valence-electron chi connectivity index (χ2n) is 7.14. The van der Waals surface area contributed by atoms with E-state index < -0.39 is 36.5 Å². The van der Waals surface area contributed by atoms with Crippen LogP contribution in [0.15, 0.2) is 43.0 Å². The van der Waals surface area contributed by atoms with Gasteiger partial charge in [-0.25, -0.2) is 15.0 Å². The first-order valence-corrected chi connectivity index (χ1v) is 9.44. The molecule has 0 radical (unpaired) electrons. The zero-order valence-corrected chi connectivity index (χ0v) is 16.0. The van der Waals surface area contributed by atoms with E-state index in [1.807, 2.05) is 30.3 Å². The van der Waals surface area contributed by atoms with Crippen molar-refractivity contribution in [3.63, 3.8) is 0 Å². The standard InChI is InChI=1S/C19H23N7O4/c20-11(6-10-4-2-1-3-5-10)19(28)29-7-12-13(21)15(27)18(30-12)26-9-25-14-16(22)23-8-24-17(14)26/h1-5,8-9,11-13,15,18,27H,6-7,20-21H2,(H2,22,23,24)/t11-,12+,13+,15+,18+/m0/s1. The van der Waals surface area contributed by atoms with Crippen LogP contribution in [0.1, 0.15) is 11.8 Å². The number of fused-ring (bicyclic) bond motifs is 1. The van der Waals surface area contributed by atoms with Crippen molar-refractivity contribution in [2.45, 2.75) is 36.9 Å². The number of rotatable bonds is 6. The van der Waals surface area contributed by atoms with Crippen LogP contribution >= 0.6 is 0 Å². The average Bonchev–Trinajstić information content (AvgIpc) is 3.29. The van der Waals surface area contributed by atoms with Gasteiger partial charge in [0, 0.05) is 0 Å². The molecule has 0 aliphatic carbocycles. The molecule has 4 rings (SSSR count). The van der Waals surface area contributed by atoms with Crippen LogP contribution in [0.25, 0.3) is 11.2 Å². The fourth-order valence-corrected chi connectivity index (χ4v) is 3.42. The third kappa shape index (κ3) is 3.83. The van der Waals surface area contributed by atoms with Crippen LogP contribution < -0.4 is 17.2 Å².